The van der Waals surface area contributed by atoms with Gasteiger partial charge in [0.05, 0.1) is 10.7 Å². The van der Waals surface area contributed by atoms with Gasteiger partial charge in [0.2, 0.25) is 5.91 Å². The average Bonchev–Trinajstić information content (AvgIpc) is 3.26. The topological polar surface area (TPSA) is 75.9 Å². The lowest BCUT2D eigenvalue weighted by Crippen LogP contribution is -2.38. The number of carbonyl (C=O) groups excluding carboxylic acids is 1. The van der Waals surface area contributed by atoms with Crippen LogP contribution in [0.4, 0.5) is 11.5 Å². The summed E-state index contributed by atoms with van der Waals surface area (Å²) in [5, 5.41) is 3.90. The fourth-order valence-corrected chi connectivity index (χ4v) is 3.58. The van der Waals surface area contributed by atoms with Gasteiger partial charge in [-0.25, -0.2) is 15.0 Å². The third kappa shape index (κ3) is 4.10. The second-order valence-corrected chi connectivity index (χ2v) is 7.42. The van der Waals surface area contributed by atoms with Gasteiger partial charge in [0.25, 0.3) is 0 Å². The molecule has 0 atom stereocenters. The van der Waals surface area contributed by atoms with Gasteiger partial charge in [0.15, 0.2) is 0 Å². The van der Waals surface area contributed by atoms with Crippen LogP contribution < -0.4 is 10.2 Å². The molecule has 0 saturated carbocycles. The molecule has 1 aliphatic rings. The first-order valence-electron chi connectivity index (χ1n) is 8.91. The van der Waals surface area contributed by atoms with Gasteiger partial charge in [-0.1, -0.05) is 23.2 Å². The lowest BCUT2D eigenvalue weighted by molar-refractivity contribution is -0.120. The Balaban J connectivity index is 1.39. The Hall–Kier alpha value is -2.64. The molecule has 3 aromatic rings. The van der Waals surface area contributed by atoms with Gasteiger partial charge >= 0.3 is 0 Å². The third-order valence-electron chi connectivity index (χ3n) is 4.78. The number of hydrogen-bond acceptors (Lipinski definition) is 5. The van der Waals surface area contributed by atoms with Gasteiger partial charge in [-0.2, -0.15) is 0 Å². The second kappa shape index (κ2) is 8.16. The molecule has 3 heterocycles. The van der Waals surface area contributed by atoms with Crippen LogP contribution in [0.3, 0.4) is 0 Å². The number of aromatic nitrogens is 4. The standard InChI is InChI=1S/C19H18Cl2N6O/c20-14-1-2-15(21)16(9-14)25-19(28)13-3-6-26(7-4-13)17-10-18(24-11-23-17)27-8-5-22-12-27/h1-2,5,8-13H,3-4,6-7H2,(H,25,28). The van der Waals surface area contributed by atoms with E-state index in [-0.39, 0.29) is 11.8 Å². The molecule has 0 radical (unpaired) electrons. The Labute approximate surface area is 172 Å². The van der Waals surface area contributed by atoms with E-state index in [2.05, 4.69) is 25.2 Å². The lowest BCUT2D eigenvalue weighted by Gasteiger charge is -2.32. The highest BCUT2D eigenvalue weighted by molar-refractivity contribution is 6.35. The Kier molecular flexibility index (Phi) is 5.45. The smallest absolute Gasteiger partial charge is 0.227 e. The number of hydrogen-bond donors (Lipinski definition) is 1. The number of nitrogens with zero attached hydrogens (tertiary/aromatic N) is 5. The van der Waals surface area contributed by atoms with E-state index in [9.17, 15) is 4.79 Å². The van der Waals surface area contributed by atoms with Gasteiger partial charge in [-0.3, -0.25) is 9.36 Å². The van der Waals surface area contributed by atoms with Gasteiger partial charge in [0.1, 0.15) is 24.3 Å². The van der Waals surface area contributed by atoms with Gasteiger partial charge in [-0.15, -0.1) is 0 Å². The summed E-state index contributed by atoms with van der Waals surface area (Å²) in [5.41, 5.74) is 0.544. The summed E-state index contributed by atoms with van der Waals surface area (Å²) in [6.45, 7) is 1.48. The van der Waals surface area contributed by atoms with Crippen LogP contribution in [-0.4, -0.2) is 38.5 Å². The van der Waals surface area contributed by atoms with Gasteiger partial charge in [0, 0.05) is 42.5 Å². The molecule has 1 fully saturated rings. The highest BCUT2D eigenvalue weighted by Crippen LogP contribution is 2.28. The molecule has 28 heavy (non-hydrogen) atoms. The predicted molar refractivity (Wildman–Crippen MR) is 109 cm³/mol. The molecule has 1 amide bonds. The maximum absolute atomic E-state index is 12.6. The highest BCUT2D eigenvalue weighted by Gasteiger charge is 2.26. The SMILES string of the molecule is O=C(Nc1cc(Cl)ccc1Cl)C1CCN(c2cc(-n3ccnc3)ncn2)CC1. The summed E-state index contributed by atoms with van der Waals surface area (Å²) in [7, 11) is 0. The second-order valence-electron chi connectivity index (χ2n) is 6.58. The summed E-state index contributed by atoms with van der Waals surface area (Å²) < 4.78 is 1.83. The summed E-state index contributed by atoms with van der Waals surface area (Å²) in [4.78, 5) is 27.5. The van der Waals surface area contributed by atoms with E-state index >= 15 is 0 Å². The van der Waals surface area contributed by atoms with Crippen molar-refractivity contribution in [3.05, 3.63) is 59.4 Å². The largest absolute Gasteiger partial charge is 0.356 e. The van der Waals surface area contributed by atoms with E-state index in [1.54, 1.807) is 37.1 Å². The molecule has 1 aliphatic heterocycles. The zero-order chi connectivity index (χ0) is 19.5. The third-order valence-corrected chi connectivity index (χ3v) is 5.35. The monoisotopic (exact) mass is 416 g/mol. The van der Waals surface area contributed by atoms with Crippen LogP contribution >= 0.6 is 23.2 Å². The van der Waals surface area contributed by atoms with Crippen molar-refractivity contribution < 1.29 is 4.79 Å². The van der Waals surface area contributed by atoms with Crippen LogP contribution in [0.5, 0.6) is 0 Å². The van der Waals surface area contributed by atoms with Crippen molar-refractivity contribution >= 4 is 40.6 Å². The van der Waals surface area contributed by atoms with Crippen LogP contribution in [0.2, 0.25) is 10.0 Å². The van der Waals surface area contributed by atoms with E-state index in [0.717, 1.165) is 37.6 Å². The lowest BCUT2D eigenvalue weighted by atomic mass is 9.96. The van der Waals surface area contributed by atoms with Crippen LogP contribution in [0.25, 0.3) is 5.82 Å². The number of anilines is 2. The first kappa shape index (κ1) is 18.7. The number of piperidine rings is 1. The molecular weight excluding hydrogens is 399 g/mol. The van der Waals surface area contributed by atoms with Gasteiger partial charge < -0.3 is 10.2 Å². The maximum Gasteiger partial charge on any atom is 0.227 e. The minimum Gasteiger partial charge on any atom is -0.356 e. The number of nitrogens with one attached hydrogen (secondary N) is 1. The first-order chi connectivity index (χ1) is 13.6. The van der Waals surface area contributed by atoms with E-state index in [1.165, 1.54) is 0 Å². The molecule has 0 unspecified atom stereocenters. The number of benzene rings is 1. The summed E-state index contributed by atoms with van der Waals surface area (Å²) in [5.74, 6) is 1.49. The molecule has 9 heteroatoms. The zero-order valence-electron chi connectivity index (χ0n) is 14.9. The molecule has 1 saturated heterocycles. The van der Waals surface area contributed by atoms with Crippen LogP contribution in [0, 0.1) is 5.92 Å². The molecule has 4 rings (SSSR count). The molecule has 0 spiro atoms. The summed E-state index contributed by atoms with van der Waals surface area (Å²) in [6.07, 6.45) is 8.25. The number of carbonyl (C=O) groups is 1. The van der Waals surface area contributed by atoms with Crippen molar-refractivity contribution in [2.24, 2.45) is 5.92 Å². The van der Waals surface area contributed by atoms with Crippen molar-refractivity contribution in [3.63, 3.8) is 0 Å². The average molecular weight is 417 g/mol. The first-order valence-corrected chi connectivity index (χ1v) is 9.67. The Bertz CT molecular complexity index is 970. The zero-order valence-corrected chi connectivity index (χ0v) is 16.4. The molecule has 7 nitrogen and oxygen atoms in total. The minimum atomic E-state index is -0.0822. The predicted octanol–water partition coefficient (Wildman–Crippen LogP) is 3.82. The van der Waals surface area contributed by atoms with Crippen molar-refractivity contribution in [1.82, 2.24) is 19.5 Å². The molecule has 1 N–H and O–H groups in total. The van der Waals surface area contributed by atoms with E-state index < -0.39 is 0 Å². The molecular formula is C19H18Cl2N6O. The number of halogens is 2. The number of rotatable bonds is 4. The van der Waals surface area contributed by atoms with E-state index in [0.29, 0.717) is 15.7 Å². The van der Waals surface area contributed by atoms with Crippen molar-refractivity contribution in [3.8, 4) is 5.82 Å². The quantitative estimate of drug-likeness (QED) is 0.699. The maximum atomic E-state index is 12.6. The van der Waals surface area contributed by atoms with Gasteiger partial charge in [-0.05, 0) is 31.0 Å². The fraction of sp³-hybridized carbons (Fsp3) is 0.263. The van der Waals surface area contributed by atoms with Crippen molar-refractivity contribution in [1.29, 1.82) is 0 Å². The number of imidazole rings is 1. The Morgan fingerprint density at radius 2 is 1.89 bits per heavy atom. The van der Waals surface area contributed by atoms with Crippen LogP contribution in [0.15, 0.2) is 49.3 Å². The minimum absolute atomic E-state index is 0.0365. The summed E-state index contributed by atoms with van der Waals surface area (Å²) in [6, 6.07) is 6.95. The summed E-state index contributed by atoms with van der Waals surface area (Å²) >= 11 is 12.1. The van der Waals surface area contributed by atoms with E-state index in [4.69, 9.17) is 23.2 Å². The Morgan fingerprint density at radius 1 is 1.11 bits per heavy atom. The molecule has 1 aromatic carbocycles. The normalized spacial score (nSPS) is 14.9. The number of amides is 1. The molecule has 0 bridgehead atoms. The fourth-order valence-electron chi connectivity index (χ4n) is 3.24. The molecule has 2 aromatic heterocycles. The van der Waals surface area contributed by atoms with Crippen LogP contribution in [-0.2, 0) is 4.79 Å². The van der Waals surface area contributed by atoms with Crippen LogP contribution in [0.1, 0.15) is 12.8 Å². The van der Waals surface area contributed by atoms with Crippen molar-refractivity contribution in [2.75, 3.05) is 23.3 Å². The highest BCUT2D eigenvalue weighted by atomic mass is 35.5. The Morgan fingerprint density at radius 3 is 2.64 bits per heavy atom. The molecule has 0 aliphatic carbocycles. The van der Waals surface area contributed by atoms with E-state index in [1.807, 2.05) is 16.8 Å². The molecule has 144 valence electrons. The van der Waals surface area contributed by atoms with Crippen molar-refractivity contribution in [2.45, 2.75) is 12.8 Å².